The fraction of sp³-hybridized carbons (Fsp3) is 0.250. The van der Waals surface area contributed by atoms with Gasteiger partial charge in [0.2, 0.25) is 0 Å². The average molecular weight is 469 g/mol. The Labute approximate surface area is 187 Å². The minimum Gasteiger partial charge on any atom is -0.550 e. The normalized spacial score (nSPS) is 15.5. The first-order valence-electron chi connectivity index (χ1n) is 8.85. The van der Waals surface area contributed by atoms with Crippen LogP contribution in [0.25, 0.3) is 17.4 Å². The molecule has 1 amide bonds. The number of thioether (sulfide) groups is 1. The smallest absolute Gasteiger partial charge is 0.266 e. The van der Waals surface area contributed by atoms with E-state index in [1.54, 1.807) is 36.4 Å². The molecule has 1 aromatic carbocycles. The van der Waals surface area contributed by atoms with Crippen molar-refractivity contribution in [3.8, 4) is 11.3 Å². The van der Waals surface area contributed by atoms with Crippen LogP contribution in [-0.4, -0.2) is 27.6 Å². The first-order chi connectivity index (χ1) is 13.8. The summed E-state index contributed by atoms with van der Waals surface area (Å²) >= 11 is 18.8. The van der Waals surface area contributed by atoms with Gasteiger partial charge in [0.05, 0.1) is 9.93 Å². The zero-order chi connectivity index (χ0) is 21.0. The zero-order valence-corrected chi connectivity index (χ0v) is 18.3. The van der Waals surface area contributed by atoms with E-state index >= 15 is 0 Å². The Balaban J connectivity index is 1.66. The monoisotopic (exact) mass is 468 g/mol. The molecule has 9 heteroatoms. The number of thiocarbonyl (C=S) groups is 1. The van der Waals surface area contributed by atoms with Crippen LogP contribution < -0.4 is 5.11 Å². The van der Waals surface area contributed by atoms with Crippen molar-refractivity contribution in [3.05, 3.63) is 51.0 Å². The predicted octanol–water partition coefficient (Wildman–Crippen LogP) is 4.76. The van der Waals surface area contributed by atoms with E-state index < -0.39 is 5.97 Å². The minimum atomic E-state index is -1.06. The van der Waals surface area contributed by atoms with E-state index in [9.17, 15) is 14.7 Å². The van der Waals surface area contributed by atoms with Crippen LogP contribution >= 0.6 is 47.2 Å². The number of hydrogen-bond donors (Lipinski definition) is 0. The van der Waals surface area contributed by atoms with Gasteiger partial charge in [0.15, 0.2) is 0 Å². The lowest BCUT2D eigenvalue weighted by atomic mass is 10.2. The summed E-state index contributed by atoms with van der Waals surface area (Å²) in [4.78, 5) is 25.1. The number of carboxylic acids is 1. The fourth-order valence-corrected chi connectivity index (χ4v) is 4.47. The third-order valence-electron chi connectivity index (χ3n) is 4.23. The van der Waals surface area contributed by atoms with Crippen LogP contribution in [0.2, 0.25) is 10.0 Å². The van der Waals surface area contributed by atoms with Crippen LogP contribution in [-0.2, 0) is 9.59 Å². The first kappa shape index (κ1) is 21.9. The van der Waals surface area contributed by atoms with Gasteiger partial charge < -0.3 is 14.3 Å². The molecular formula is C20H16Cl2NO4S2-. The summed E-state index contributed by atoms with van der Waals surface area (Å²) in [6.07, 6.45) is 3.55. The van der Waals surface area contributed by atoms with Gasteiger partial charge in [0.25, 0.3) is 5.91 Å². The number of amides is 1. The molecule has 1 aromatic heterocycles. The van der Waals surface area contributed by atoms with Gasteiger partial charge in [-0.1, -0.05) is 53.6 Å². The maximum atomic E-state index is 12.6. The molecule has 5 nitrogen and oxygen atoms in total. The van der Waals surface area contributed by atoms with Gasteiger partial charge in [-0.15, -0.1) is 0 Å². The molecule has 29 heavy (non-hydrogen) atoms. The summed E-state index contributed by atoms with van der Waals surface area (Å²) in [7, 11) is 0. The van der Waals surface area contributed by atoms with Crippen molar-refractivity contribution in [3.63, 3.8) is 0 Å². The fourth-order valence-electron chi connectivity index (χ4n) is 2.80. The molecule has 0 atom stereocenters. The van der Waals surface area contributed by atoms with Gasteiger partial charge in [-0.25, -0.2) is 0 Å². The van der Waals surface area contributed by atoms with Crippen molar-refractivity contribution in [1.29, 1.82) is 0 Å². The lowest BCUT2D eigenvalue weighted by molar-refractivity contribution is -0.305. The number of unbranched alkanes of at least 4 members (excludes halogenated alkanes) is 2. The van der Waals surface area contributed by atoms with Gasteiger partial charge in [-0.05, 0) is 49.6 Å². The minimum absolute atomic E-state index is 0.0236. The van der Waals surface area contributed by atoms with E-state index in [1.165, 1.54) is 16.7 Å². The lowest BCUT2D eigenvalue weighted by Crippen LogP contribution is -2.29. The number of aliphatic carboxylic acids is 1. The number of rotatable bonds is 8. The summed E-state index contributed by atoms with van der Waals surface area (Å²) < 4.78 is 6.29. The zero-order valence-electron chi connectivity index (χ0n) is 15.2. The third-order valence-corrected chi connectivity index (χ3v) is 6.17. The molecule has 1 aliphatic rings. The summed E-state index contributed by atoms with van der Waals surface area (Å²) in [6, 6.07) is 8.62. The molecule has 0 radical (unpaired) electrons. The molecule has 0 saturated carbocycles. The Kier molecular flexibility index (Phi) is 7.40. The second-order valence-corrected chi connectivity index (χ2v) is 8.86. The lowest BCUT2D eigenvalue weighted by Gasteiger charge is -2.14. The Morgan fingerprint density at radius 1 is 1.21 bits per heavy atom. The predicted molar refractivity (Wildman–Crippen MR) is 118 cm³/mol. The third kappa shape index (κ3) is 5.63. The molecular weight excluding hydrogens is 453 g/mol. The van der Waals surface area contributed by atoms with E-state index in [-0.39, 0.29) is 12.3 Å². The van der Waals surface area contributed by atoms with Crippen LogP contribution in [0.5, 0.6) is 0 Å². The Morgan fingerprint density at radius 3 is 2.76 bits per heavy atom. The molecule has 2 aromatic rings. The van der Waals surface area contributed by atoms with Crippen molar-refractivity contribution < 1.29 is 19.1 Å². The summed E-state index contributed by atoms with van der Waals surface area (Å²) in [5.41, 5.74) is 0.669. The largest absolute Gasteiger partial charge is 0.550 e. The SMILES string of the molecule is O=C([O-])CCCCCN1C(=O)/C(=C/c2ccc(-c3cc(Cl)ccc3Cl)o2)SC1=S. The van der Waals surface area contributed by atoms with Crippen molar-refractivity contribution in [2.75, 3.05) is 6.54 Å². The van der Waals surface area contributed by atoms with Crippen molar-refractivity contribution in [2.45, 2.75) is 25.7 Å². The van der Waals surface area contributed by atoms with E-state index in [1.807, 2.05) is 0 Å². The van der Waals surface area contributed by atoms with E-state index in [4.69, 9.17) is 39.8 Å². The Hall–Kier alpha value is -1.80. The van der Waals surface area contributed by atoms with Gasteiger partial charge in [-0.3, -0.25) is 9.69 Å². The average Bonchev–Trinajstić information content (AvgIpc) is 3.23. The van der Waals surface area contributed by atoms with E-state index in [2.05, 4.69) is 0 Å². The molecule has 1 saturated heterocycles. The number of furan rings is 1. The van der Waals surface area contributed by atoms with Gasteiger partial charge in [-0.2, -0.15) is 0 Å². The molecule has 1 aliphatic heterocycles. The van der Waals surface area contributed by atoms with Crippen LogP contribution in [0.4, 0.5) is 0 Å². The van der Waals surface area contributed by atoms with Gasteiger partial charge in [0.1, 0.15) is 15.8 Å². The number of hydrogen-bond acceptors (Lipinski definition) is 6. The molecule has 3 rings (SSSR count). The van der Waals surface area contributed by atoms with E-state index in [0.29, 0.717) is 62.2 Å². The Morgan fingerprint density at radius 2 is 2.00 bits per heavy atom. The number of carbonyl (C=O) groups is 2. The number of carboxylic acid groups (broad SMARTS) is 1. The molecule has 152 valence electrons. The molecule has 1 fully saturated rings. The van der Waals surface area contributed by atoms with Crippen molar-refractivity contribution in [2.24, 2.45) is 0 Å². The summed E-state index contributed by atoms with van der Waals surface area (Å²) in [5.74, 6) is -0.188. The number of nitrogens with zero attached hydrogens (tertiary/aromatic N) is 1. The summed E-state index contributed by atoms with van der Waals surface area (Å²) in [6.45, 7) is 0.455. The number of halogens is 2. The maximum absolute atomic E-state index is 12.6. The van der Waals surface area contributed by atoms with Crippen LogP contribution in [0.3, 0.4) is 0 Å². The van der Waals surface area contributed by atoms with Crippen molar-refractivity contribution >= 4 is 69.5 Å². The van der Waals surface area contributed by atoms with E-state index in [0.717, 1.165) is 0 Å². The highest BCUT2D eigenvalue weighted by Crippen LogP contribution is 2.35. The van der Waals surface area contributed by atoms with Crippen LogP contribution in [0, 0.1) is 0 Å². The maximum Gasteiger partial charge on any atom is 0.266 e. The van der Waals surface area contributed by atoms with Crippen molar-refractivity contribution in [1.82, 2.24) is 4.90 Å². The molecule has 0 spiro atoms. The molecule has 0 aliphatic carbocycles. The second kappa shape index (κ2) is 9.80. The van der Waals surface area contributed by atoms with Crippen LogP contribution in [0.1, 0.15) is 31.4 Å². The number of carbonyl (C=O) groups excluding carboxylic acids is 2. The highest BCUT2D eigenvalue weighted by Gasteiger charge is 2.31. The highest BCUT2D eigenvalue weighted by atomic mass is 35.5. The second-order valence-electron chi connectivity index (χ2n) is 6.34. The summed E-state index contributed by atoms with van der Waals surface area (Å²) in [5, 5.41) is 11.5. The first-order valence-corrected chi connectivity index (χ1v) is 10.8. The molecule has 0 bridgehead atoms. The Bertz CT molecular complexity index is 987. The van der Waals surface area contributed by atoms with Crippen LogP contribution in [0.15, 0.2) is 39.7 Å². The topological polar surface area (TPSA) is 73.6 Å². The van der Waals surface area contributed by atoms with Gasteiger partial charge in [0, 0.05) is 29.2 Å². The van der Waals surface area contributed by atoms with Gasteiger partial charge >= 0.3 is 0 Å². The molecule has 2 heterocycles. The standard InChI is InChI=1S/C20H17Cl2NO4S2/c21-12-5-7-15(22)14(10-12)16-8-6-13(27-16)11-17-19(26)23(20(28)29-17)9-3-1-2-4-18(24)25/h5-8,10-11H,1-4,9H2,(H,24,25)/p-1/b17-11-. The number of benzene rings is 1. The quantitative estimate of drug-likeness (QED) is 0.315. The molecule has 0 unspecified atom stereocenters. The molecule has 0 N–H and O–H groups in total. The highest BCUT2D eigenvalue weighted by molar-refractivity contribution is 8.26.